The van der Waals surface area contributed by atoms with Gasteiger partial charge >= 0.3 is 0 Å². The van der Waals surface area contributed by atoms with Gasteiger partial charge in [-0.25, -0.2) is 8.42 Å². The van der Waals surface area contributed by atoms with Crippen molar-refractivity contribution in [2.45, 2.75) is 32.4 Å². The third-order valence-corrected chi connectivity index (χ3v) is 5.76. The van der Waals surface area contributed by atoms with E-state index in [0.717, 1.165) is 22.2 Å². The molecule has 9 nitrogen and oxygen atoms in total. The van der Waals surface area contributed by atoms with Crippen molar-refractivity contribution in [3.8, 4) is 5.75 Å². The number of nitrogens with zero attached hydrogens (tertiary/aromatic N) is 2. The Balaban J connectivity index is 2.48. The van der Waals surface area contributed by atoms with Crippen LogP contribution in [0.4, 0.5) is 11.4 Å². The van der Waals surface area contributed by atoms with Crippen LogP contribution in [0.5, 0.6) is 5.75 Å². The van der Waals surface area contributed by atoms with Crippen LogP contribution in [0.2, 0.25) is 0 Å². The van der Waals surface area contributed by atoms with E-state index in [-0.39, 0.29) is 29.6 Å². The molecule has 10 heteroatoms. The zero-order chi connectivity index (χ0) is 22.5. The standard InChI is InChI=1S/C20H25N3O6S/c1-5-17(20(24)21-14(2)15-9-7-6-8-10-15)22(30(4,27)28)18-13-16(23(25)26)11-12-19(18)29-3/h6-14,17H,5H2,1-4H3,(H,21,24)/t14-,17?/m1/s1. The van der Waals surface area contributed by atoms with Gasteiger partial charge in [-0.05, 0) is 25.0 Å². The average molecular weight is 436 g/mol. The number of carbonyl (C=O) groups is 1. The molecule has 0 aliphatic heterocycles. The summed E-state index contributed by atoms with van der Waals surface area (Å²) in [6.07, 6.45) is 1.09. The summed E-state index contributed by atoms with van der Waals surface area (Å²) >= 11 is 0. The summed E-state index contributed by atoms with van der Waals surface area (Å²) in [5, 5.41) is 14.0. The molecule has 162 valence electrons. The molecule has 0 radical (unpaired) electrons. The highest BCUT2D eigenvalue weighted by Crippen LogP contribution is 2.35. The van der Waals surface area contributed by atoms with E-state index >= 15 is 0 Å². The fourth-order valence-corrected chi connectivity index (χ4v) is 4.34. The second-order valence-corrected chi connectivity index (χ2v) is 8.60. The summed E-state index contributed by atoms with van der Waals surface area (Å²) in [5.74, 6) is -0.416. The van der Waals surface area contributed by atoms with Crippen LogP contribution in [0.3, 0.4) is 0 Å². The van der Waals surface area contributed by atoms with Crippen molar-refractivity contribution in [1.29, 1.82) is 0 Å². The van der Waals surface area contributed by atoms with E-state index in [1.807, 2.05) is 30.3 Å². The number of nitrogens with one attached hydrogen (secondary N) is 1. The Morgan fingerprint density at radius 2 is 1.87 bits per heavy atom. The number of hydrogen-bond donors (Lipinski definition) is 1. The van der Waals surface area contributed by atoms with Gasteiger partial charge in [0.2, 0.25) is 15.9 Å². The molecule has 1 amide bonds. The quantitative estimate of drug-likeness (QED) is 0.478. The molecule has 0 spiro atoms. The molecule has 0 saturated heterocycles. The molecule has 2 rings (SSSR count). The number of sulfonamides is 1. The first-order valence-electron chi connectivity index (χ1n) is 9.27. The summed E-state index contributed by atoms with van der Waals surface area (Å²) in [4.78, 5) is 23.6. The summed E-state index contributed by atoms with van der Waals surface area (Å²) in [7, 11) is -2.66. The highest BCUT2D eigenvalue weighted by molar-refractivity contribution is 7.92. The van der Waals surface area contributed by atoms with E-state index in [1.165, 1.54) is 19.2 Å². The molecule has 2 aromatic rings. The van der Waals surface area contributed by atoms with Crippen LogP contribution in [0.25, 0.3) is 0 Å². The summed E-state index contributed by atoms with van der Waals surface area (Å²) < 4.78 is 31.4. The van der Waals surface area contributed by atoms with Gasteiger partial charge in [0.1, 0.15) is 17.5 Å². The number of benzene rings is 2. The Bertz CT molecular complexity index is 1010. The second-order valence-electron chi connectivity index (χ2n) is 6.74. The Morgan fingerprint density at radius 1 is 1.23 bits per heavy atom. The smallest absolute Gasteiger partial charge is 0.271 e. The number of hydrogen-bond acceptors (Lipinski definition) is 6. The van der Waals surface area contributed by atoms with E-state index in [2.05, 4.69) is 5.32 Å². The fourth-order valence-electron chi connectivity index (χ4n) is 3.13. The molecule has 1 N–H and O–H groups in total. The third-order valence-electron chi connectivity index (χ3n) is 4.60. The number of nitro benzene ring substituents is 1. The maximum atomic E-state index is 13.0. The minimum atomic E-state index is -3.98. The van der Waals surface area contributed by atoms with Crippen LogP contribution < -0.4 is 14.4 Å². The molecule has 30 heavy (non-hydrogen) atoms. The van der Waals surface area contributed by atoms with Crippen molar-refractivity contribution >= 4 is 27.3 Å². The number of amides is 1. The lowest BCUT2D eigenvalue weighted by Crippen LogP contribution is -2.49. The van der Waals surface area contributed by atoms with Crippen molar-refractivity contribution in [1.82, 2.24) is 5.32 Å². The Labute approximate surface area is 175 Å². The van der Waals surface area contributed by atoms with Gasteiger partial charge in [0.05, 0.1) is 24.3 Å². The molecule has 2 aromatic carbocycles. The molecular formula is C20H25N3O6S. The molecule has 0 bridgehead atoms. The maximum absolute atomic E-state index is 13.0. The summed E-state index contributed by atoms with van der Waals surface area (Å²) in [6, 6.07) is 11.4. The normalized spacial score (nSPS) is 13.2. The summed E-state index contributed by atoms with van der Waals surface area (Å²) in [6.45, 7) is 3.46. The first kappa shape index (κ1) is 23.1. The molecule has 0 aromatic heterocycles. The van der Waals surface area contributed by atoms with Crippen LogP contribution in [0.1, 0.15) is 31.9 Å². The molecule has 0 saturated carbocycles. The van der Waals surface area contributed by atoms with E-state index in [9.17, 15) is 23.3 Å². The zero-order valence-electron chi connectivity index (χ0n) is 17.2. The zero-order valence-corrected chi connectivity index (χ0v) is 18.0. The minimum Gasteiger partial charge on any atom is -0.495 e. The number of ether oxygens (including phenoxy) is 1. The van der Waals surface area contributed by atoms with Crippen molar-refractivity contribution in [3.63, 3.8) is 0 Å². The minimum absolute atomic E-state index is 0.0661. The third kappa shape index (κ3) is 5.26. The second kappa shape index (κ2) is 9.57. The highest BCUT2D eigenvalue weighted by atomic mass is 32.2. The number of carbonyl (C=O) groups excluding carboxylic acids is 1. The largest absolute Gasteiger partial charge is 0.495 e. The average Bonchev–Trinajstić information content (AvgIpc) is 2.70. The topological polar surface area (TPSA) is 119 Å². The first-order valence-corrected chi connectivity index (χ1v) is 11.1. The Morgan fingerprint density at radius 3 is 2.37 bits per heavy atom. The predicted octanol–water partition coefficient (Wildman–Crippen LogP) is 3.03. The van der Waals surface area contributed by atoms with Gasteiger partial charge in [-0.2, -0.15) is 0 Å². The molecule has 0 aliphatic rings. The molecule has 0 aliphatic carbocycles. The fraction of sp³-hybridized carbons (Fsp3) is 0.350. The van der Waals surface area contributed by atoms with E-state index in [0.29, 0.717) is 0 Å². The summed E-state index contributed by atoms with van der Waals surface area (Å²) in [5.41, 5.74) is 0.482. The van der Waals surface area contributed by atoms with Gasteiger partial charge in [0.15, 0.2) is 0 Å². The van der Waals surface area contributed by atoms with Gasteiger partial charge in [-0.15, -0.1) is 0 Å². The molecule has 2 atom stereocenters. The lowest BCUT2D eigenvalue weighted by atomic mass is 10.1. The number of anilines is 1. The molecule has 0 heterocycles. The van der Waals surface area contributed by atoms with Crippen LogP contribution in [-0.4, -0.2) is 38.7 Å². The van der Waals surface area contributed by atoms with Gasteiger partial charge in [0, 0.05) is 12.1 Å². The van der Waals surface area contributed by atoms with Gasteiger partial charge in [-0.1, -0.05) is 37.3 Å². The van der Waals surface area contributed by atoms with Gasteiger partial charge < -0.3 is 10.1 Å². The molecular weight excluding hydrogens is 410 g/mol. The Hall–Kier alpha value is -3.14. The number of rotatable bonds is 9. The number of non-ortho nitro benzene ring substituents is 1. The van der Waals surface area contributed by atoms with Gasteiger partial charge in [0.25, 0.3) is 5.69 Å². The van der Waals surface area contributed by atoms with Crippen LogP contribution in [0, 0.1) is 10.1 Å². The van der Waals surface area contributed by atoms with Crippen LogP contribution in [0.15, 0.2) is 48.5 Å². The van der Waals surface area contributed by atoms with E-state index < -0.39 is 26.9 Å². The van der Waals surface area contributed by atoms with Gasteiger partial charge in [-0.3, -0.25) is 19.2 Å². The van der Waals surface area contributed by atoms with Crippen LogP contribution in [-0.2, 0) is 14.8 Å². The van der Waals surface area contributed by atoms with Crippen molar-refractivity contribution in [2.75, 3.05) is 17.7 Å². The number of methoxy groups -OCH3 is 1. The molecule has 1 unspecified atom stereocenters. The first-order chi connectivity index (χ1) is 14.1. The maximum Gasteiger partial charge on any atom is 0.271 e. The Kier molecular flexibility index (Phi) is 7.38. The van der Waals surface area contributed by atoms with Crippen molar-refractivity contribution < 1.29 is 22.9 Å². The molecule has 0 fully saturated rings. The lowest BCUT2D eigenvalue weighted by Gasteiger charge is -2.31. The number of nitro groups is 1. The van der Waals surface area contributed by atoms with Crippen LogP contribution >= 0.6 is 0 Å². The van der Waals surface area contributed by atoms with E-state index in [1.54, 1.807) is 13.8 Å². The monoisotopic (exact) mass is 435 g/mol. The van der Waals surface area contributed by atoms with Crippen molar-refractivity contribution in [2.24, 2.45) is 0 Å². The van der Waals surface area contributed by atoms with Crippen molar-refractivity contribution in [3.05, 3.63) is 64.2 Å². The van der Waals surface area contributed by atoms with E-state index in [4.69, 9.17) is 4.74 Å². The SMILES string of the molecule is CCC(C(=O)N[C@H](C)c1ccccc1)N(c1cc([N+](=O)[O-])ccc1OC)S(C)(=O)=O. The lowest BCUT2D eigenvalue weighted by molar-refractivity contribution is -0.384. The highest BCUT2D eigenvalue weighted by Gasteiger charge is 2.35. The predicted molar refractivity (Wildman–Crippen MR) is 114 cm³/mol.